The Morgan fingerprint density at radius 3 is 2.58 bits per heavy atom. The second-order valence-electron chi connectivity index (χ2n) is 6.99. The molecule has 0 aromatic heterocycles. The number of nitrogens with zero attached hydrogens (tertiary/aromatic N) is 1. The highest BCUT2D eigenvalue weighted by Crippen LogP contribution is 2.32. The fourth-order valence-electron chi connectivity index (χ4n) is 2.87. The second kappa shape index (κ2) is 7.25. The topological polar surface area (TPSA) is 58.4 Å². The van der Waals surface area contributed by atoms with Crippen molar-refractivity contribution in [3.63, 3.8) is 0 Å². The Labute approximate surface area is 118 Å². The molecule has 1 aliphatic rings. The number of likely N-dealkylation sites (tertiary alicyclic amines) is 1. The first kappa shape index (κ1) is 16.4. The molecular weight excluding hydrogens is 238 g/mol. The van der Waals surface area contributed by atoms with Gasteiger partial charge in [0.15, 0.2) is 0 Å². The lowest BCUT2D eigenvalue weighted by atomic mass is 9.76. The first-order chi connectivity index (χ1) is 8.82. The molecule has 1 heterocycles. The van der Waals surface area contributed by atoms with Gasteiger partial charge in [-0.3, -0.25) is 4.79 Å². The van der Waals surface area contributed by atoms with Crippen molar-refractivity contribution in [2.45, 2.75) is 52.5 Å². The maximum absolute atomic E-state index is 12.0. The summed E-state index contributed by atoms with van der Waals surface area (Å²) < 4.78 is 0. The molecule has 4 nitrogen and oxygen atoms in total. The summed E-state index contributed by atoms with van der Waals surface area (Å²) in [7, 11) is 2.10. The molecule has 112 valence electrons. The number of rotatable bonds is 6. The number of amides is 1. The van der Waals surface area contributed by atoms with Gasteiger partial charge in [0.25, 0.3) is 0 Å². The molecule has 0 bridgehead atoms. The highest BCUT2D eigenvalue weighted by Gasteiger charge is 2.25. The van der Waals surface area contributed by atoms with Crippen molar-refractivity contribution >= 4 is 5.91 Å². The number of hydrogen-bond donors (Lipinski definition) is 2. The average Bonchev–Trinajstić information content (AvgIpc) is 2.68. The third-order valence-corrected chi connectivity index (χ3v) is 4.22. The van der Waals surface area contributed by atoms with Gasteiger partial charge >= 0.3 is 0 Å². The van der Waals surface area contributed by atoms with Crippen LogP contribution in [0.25, 0.3) is 0 Å². The van der Waals surface area contributed by atoms with Gasteiger partial charge in [-0.1, -0.05) is 20.8 Å². The van der Waals surface area contributed by atoms with Crippen LogP contribution in [-0.2, 0) is 4.79 Å². The van der Waals surface area contributed by atoms with Crippen LogP contribution in [0.4, 0.5) is 0 Å². The number of nitrogens with two attached hydrogens (primary N) is 1. The maximum atomic E-state index is 12.0. The van der Waals surface area contributed by atoms with Crippen molar-refractivity contribution in [1.29, 1.82) is 0 Å². The Morgan fingerprint density at radius 2 is 2.11 bits per heavy atom. The van der Waals surface area contributed by atoms with E-state index in [1.165, 1.54) is 0 Å². The monoisotopic (exact) mass is 269 g/mol. The molecule has 0 aliphatic carbocycles. The molecule has 1 aliphatic heterocycles. The maximum Gasteiger partial charge on any atom is 0.220 e. The van der Waals surface area contributed by atoms with E-state index in [2.05, 4.69) is 38.0 Å². The van der Waals surface area contributed by atoms with Crippen molar-refractivity contribution in [2.75, 3.05) is 26.7 Å². The summed E-state index contributed by atoms with van der Waals surface area (Å²) in [4.78, 5) is 14.2. The average molecular weight is 269 g/mol. The van der Waals surface area contributed by atoms with E-state index in [1.54, 1.807) is 0 Å². The van der Waals surface area contributed by atoms with Gasteiger partial charge < -0.3 is 16.0 Å². The summed E-state index contributed by atoms with van der Waals surface area (Å²) in [5.41, 5.74) is 5.90. The molecule has 0 saturated carbocycles. The molecule has 0 aromatic carbocycles. The molecule has 0 radical (unpaired) electrons. The Morgan fingerprint density at radius 1 is 1.42 bits per heavy atom. The van der Waals surface area contributed by atoms with Gasteiger partial charge in [0.05, 0.1) is 0 Å². The SMILES string of the molecule is CN1CCC(NC(=O)CCC(CCN)C(C)(C)C)C1. The predicted molar refractivity (Wildman–Crippen MR) is 79.9 cm³/mol. The summed E-state index contributed by atoms with van der Waals surface area (Å²) in [5.74, 6) is 0.723. The minimum Gasteiger partial charge on any atom is -0.352 e. The normalized spacial score (nSPS) is 22.5. The number of carbonyl (C=O) groups excluding carboxylic acids is 1. The van der Waals surface area contributed by atoms with Gasteiger partial charge in [-0.25, -0.2) is 0 Å². The number of likely N-dealkylation sites (N-methyl/N-ethyl adjacent to an activating group) is 1. The van der Waals surface area contributed by atoms with E-state index < -0.39 is 0 Å². The van der Waals surface area contributed by atoms with Gasteiger partial charge in [-0.2, -0.15) is 0 Å². The lowest BCUT2D eigenvalue weighted by molar-refractivity contribution is -0.122. The predicted octanol–water partition coefficient (Wildman–Crippen LogP) is 1.60. The smallest absolute Gasteiger partial charge is 0.220 e. The zero-order chi connectivity index (χ0) is 14.5. The number of nitrogens with one attached hydrogen (secondary N) is 1. The van der Waals surface area contributed by atoms with E-state index >= 15 is 0 Å². The van der Waals surface area contributed by atoms with Gasteiger partial charge in [-0.05, 0) is 50.7 Å². The van der Waals surface area contributed by atoms with Crippen LogP contribution in [0.2, 0.25) is 0 Å². The molecular formula is C15H31N3O. The Kier molecular flexibility index (Phi) is 6.27. The molecule has 19 heavy (non-hydrogen) atoms. The van der Waals surface area contributed by atoms with Gasteiger partial charge in [0, 0.05) is 19.0 Å². The van der Waals surface area contributed by atoms with E-state index in [9.17, 15) is 4.79 Å². The minimum absolute atomic E-state index is 0.201. The van der Waals surface area contributed by atoms with E-state index in [-0.39, 0.29) is 11.3 Å². The van der Waals surface area contributed by atoms with Gasteiger partial charge in [0.1, 0.15) is 0 Å². The van der Waals surface area contributed by atoms with Crippen molar-refractivity contribution in [1.82, 2.24) is 10.2 Å². The van der Waals surface area contributed by atoms with Crippen molar-refractivity contribution < 1.29 is 4.79 Å². The zero-order valence-corrected chi connectivity index (χ0v) is 13.0. The van der Waals surface area contributed by atoms with Crippen molar-refractivity contribution in [3.8, 4) is 0 Å². The molecule has 0 aromatic rings. The highest BCUT2D eigenvalue weighted by atomic mass is 16.1. The molecule has 2 atom stereocenters. The Balaban J connectivity index is 2.31. The van der Waals surface area contributed by atoms with Crippen LogP contribution in [-0.4, -0.2) is 43.5 Å². The molecule has 1 rings (SSSR count). The summed E-state index contributed by atoms with van der Waals surface area (Å²) >= 11 is 0. The quantitative estimate of drug-likeness (QED) is 0.770. The van der Waals surface area contributed by atoms with E-state index in [4.69, 9.17) is 5.73 Å². The molecule has 4 heteroatoms. The molecule has 1 amide bonds. The van der Waals surface area contributed by atoms with Crippen LogP contribution >= 0.6 is 0 Å². The molecule has 1 fully saturated rings. The summed E-state index contributed by atoms with van der Waals surface area (Å²) in [6, 6.07) is 0.347. The zero-order valence-electron chi connectivity index (χ0n) is 13.0. The Hall–Kier alpha value is -0.610. The third kappa shape index (κ3) is 5.91. The largest absolute Gasteiger partial charge is 0.352 e. The van der Waals surface area contributed by atoms with Gasteiger partial charge in [0.2, 0.25) is 5.91 Å². The van der Waals surface area contributed by atoms with E-state index in [0.717, 1.165) is 32.4 Å². The fourth-order valence-corrected chi connectivity index (χ4v) is 2.87. The summed E-state index contributed by atoms with van der Waals surface area (Å²) in [6.45, 7) is 9.47. The van der Waals surface area contributed by atoms with Crippen LogP contribution < -0.4 is 11.1 Å². The minimum atomic E-state index is 0.201. The first-order valence-corrected chi connectivity index (χ1v) is 7.51. The summed E-state index contributed by atoms with van der Waals surface area (Å²) in [5, 5.41) is 3.15. The van der Waals surface area contributed by atoms with Gasteiger partial charge in [-0.15, -0.1) is 0 Å². The van der Waals surface area contributed by atoms with E-state index in [0.29, 0.717) is 24.9 Å². The van der Waals surface area contributed by atoms with Crippen molar-refractivity contribution in [2.24, 2.45) is 17.1 Å². The molecule has 1 saturated heterocycles. The van der Waals surface area contributed by atoms with Crippen LogP contribution in [0.3, 0.4) is 0 Å². The second-order valence-corrected chi connectivity index (χ2v) is 6.99. The first-order valence-electron chi connectivity index (χ1n) is 7.51. The fraction of sp³-hybridized carbons (Fsp3) is 0.933. The third-order valence-electron chi connectivity index (χ3n) is 4.22. The number of hydrogen-bond acceptors (Lipinski definition) is 3. The van der Waals surface area contributed by atoms with Crippen molar-refractivity contribution in [3.05, 3.63) is 0 Å². The Bertz CT molecular complexity index is 286. The molecule has 2 unspecified atom stereocenters. The van der Waals surface area contributed by atoms with E-state index in [1.807, 2.05) is 0 Å². The van der Waals surface area contributed by atoms with Crippen LogP contribution in [0.5, 0.6) is 0 Å². The van der Waals surface area contributed by atoms with Crippen LogP contribution in [0.15, 0.2) is 0 Å². The lowest BCUT2D eigenvalue weighted by Crippen LogP contribution is -2.37. The standard InChI is InChI=1S/C15H31N3O/c1-15(2,3)12(7-9-16)5-6-14(19)17-13-8-10-18(4)11-13/h12-13H,5-11,16H2,1-4H3,(H,17,19). The lowest BCUT2D eigenvalue weighted by Gasteiger charge is -2.30. The summed E-state index contributed by atoms with van der Waals surface area (Å²) in [6.07, 6.45) is 3.65. The number of carbonyl (C=O) groups is 1. The van der Waals surface area contributed by atoms with Crippen LogP contribution in [0, 0.1) is 11.3 Å². The molecule has 0 spiro atoms. The highest BCUT2D eigenvalue weighted by molar-refractivity contribution is 5.76. The van der Waals surface area contributed by atoms with Crippen LogP contribution in [0.1, 0.15) is 46.5 Å². The molecule has 3 N–H and O–H groups in total.